The lowest BCUT2D eigenvalue weighted by molar-refractivity contribution is 0.0924. The molecule has 0 bridgehead atoms. The number of H-pyrrole nitrogens is 1. The van der Waals surface area contributed by atoms with Gasteiger partial charge in [0.15, 0.2) is 0 Å². The third-order valence-electron chi connectivity index (χ3n) is 3.91. The number of aliphatic hydroxyl groups excluding tert-OH is 1. The Balaban J connectivity index is 0.000000299. The molecule has 0 aromatic carbocycles. The van der Waals surface area contributed by atoms with E-state index in [4.69, 9.17) is 16.7 Å². The third-order valence-corrected chi connectivity index (χ3v) is 5.40. The zero-order valence-corrected chi connectivity index (χ0v) is 15.1. The number of carbonyl (C=O) groups excluding carboxylic acids is 1. The van der Waals surface area contributed by atoms with Gasteiger partial charge in [-0.25, -0.2) is 0 Å². The molecule has 4 N–H and O–H groups in total. The zero-order chi connectivity index (χ0) is 16.1. The minimum atomic E-state index is -0.0984. The number of hydrogen-bond acceptors (Lipinski definition) is 3. The number of rotatable bonds is 3. The molecule has 0 radical (unpaired) electrons. The number of aromatic nitrogens is 1. The Morgan fingerprint density at radius 1 is 1.36 bits per heavy atom. The van der Waals surface area contributed by atoms with E-state index in [1.165, 1.54) is 12.8 Å². The van der Waals surface area contributed by atoms with Gasteiger partial charge in [0, 0.05) is 18.3 Å². The Morgan fingerprint density at radius 3 is 2.41 bits per heavy atom. The smallest absolute Gasteiger partial charge is 0.269 e. The van der Waals surface area contributed by atoms with Gasteiger partial charge in [-0.15, -0.1) is 0 Å². The van der Waals surface area contributed by atoms with Crippen molar-refractivity contribution in [3.05, 3.63) is 20.9 Å². The second kappa shape index (κ2) is 8.34. The van der Waals surface area contributed by atoms with Crippen molar-refractivity contribution in [2.45, 2.75) is 38.6 Å². The summed E-state index contributed by atoms with van der Waals surface area (Å²) >= 11 is 9.35. The highest BCUT2D eigenvalue weighted by molar-refractivity contribution is 9.10. The predicted octanol–water partition coefficient (Wildman–Crippen LogP) is 2.61. The van der Waals surface area contributed by atoms with Crippen molar-refractivity contribution in [1.82, 2.24) is 15.6 Å². The first-order chi connectivity index (χ1) is 10.5. The number of halogens is 2. The molecule has 1 saturated heterocycles. The molecule has 1 aromatic heterocycles. The molecule has 22 heavy (non-hydrogen) atoms. The van der Waals surface area contributed by atoms with Crippen molar-refractivity contribution < 1.29 is 9.90 Å². The van der Waals surface area contributed by atoms with Crippen molar-refractivity contribution in [2.24, 2.45) is 5.92 Å². The lowest BCUT2D eigenvalue weighted by Crippen LogP contribution is -2.42. The number of amides is 1. The van der Waals surface area contributed by atoms with Crippen molar-refractivity contribution in [3.8, 4) is 0 Å². The zero-order valence-electron chi connectivity index (χ0n) is 12.7. The summed E-state index contributed by atoms with van der Waals surface area (Å²) in [4.78, 5) is 15.0. The molecule has 124 valence electrons. The van der Waals surface area contributed by atoms with Crippen molar-refractivity contribution >= 4 is 33.4 Å². The van der Waals surface area contributed by atoms with Crippen LogP contribution in [0.2, 0.25) is 5.02 Å². The van der Waals surface area contributed by atoms with E-state index in [0.29, 0.717) is 27.7 Å². The van der Waals surface area contributed by atoms with Crippen LogP contribution in [0.5, 0.6) is 0 Å². The summed E-state index contributed by atoms with van der Waals surface area (Å²) in [6.45, 7) is 4.17. The fraction of sp³-hybridized carbons (Fsp3) is 0.667. The molecular weight excluding hydrogens is 370 g/mol. The van der Waals surface area contributed by atoms with Gasteiger partial charge in [0.05, 0.1) is 9.50 Å². The molecule has 1 aliphatic carbocycles. The van der Waals surface area contributed by atoms with E-state index in [0.717, 1.165) is 31.6 Å². The van der Waals surface area contributed by atoms with Crippen molar-refractivity contribution in [1.29, 1.82) is 0 Å². The van der Waals surface area contributed by atoms with Crippen LogP contribution in [0, 0.1) is 12.8 Å². The van der Waals surface area contributed by atoms with Gasteiger partial charge < -0.3 is 20.7 Å². The number of aromatic amines is 1. The molecule has 2 heterocycles. The molecule has 2 aliphatic rings. The molecule has 0 unspecified atom stereocenters. The summed E-state index contributed by atoms with van der Waals surface area (Å²) in [5.41, 5.74) is 1.31. The Kier molecular flexibility index (Phi) is 6.74. The van der Waals surface area contributed by atoms with Crippen LogP contribution in [0.1, 0.15) is 41.9 Å². The summed E-state index contributed by atoms with van der Waals surface area (Å²) in [5.74, 6) is 0.591. The highest BCUT2D eigenvalue weighted by Gasteiger charge is 2.21. The minimum absolute atomic E-state index is 0.0984. The minimum Gasteiger partial charge on any atom is -0.396 e. The molecule has 1 aliphatic heterocycles. The van der Waals surface area contributed by atoms with E-state index < -0.39 is 0 Å². The quantitative estimate of drug-likeness (QED) is 0.638. The normalized spacial score (nSPS) is 18.5. The average molecular weight is 393 g/mol. The lowest BCUT2D eigenvalue weighted by atomic mass is 10.1. The number of piperidine rings is 1. The average Bonchev–Trinajstić information content (AvgIpc) is 3.33. The van der Waals surface area contributed by atoms with E-state index >= 15 is 0 Å². The maximum Gasteiger partial charge on any atom is 0.269 e. The molecule has 0 spiro atoms. The summed E-state index contributed by atoms with van der Waals surface area (Å²) in [5, 5.41) is 15.1. The Labute approximate surface area is 144 Å². The van der Waals surface area contributed by atoms with Gasteiger partial charge in [0.1, 0.15) is 5.69 Å². The topological polar surface area (TPSA) is 77.2 Å². The molecule has 7 heteroatoms. The van der Waals surface area contributed by atoms with Crippen LogP contribution in [-0.4, -0.2) is 41.7 Å². The molecule has 1 amide bonds. The predicted molar refractivity (Wildman–Crippen MR) is 91.4 cm³/mol. The number of nitrogens with one attached hydrogen (secondary N) is 3. The maximum absolute atomic E-state index is 12.0. The molecular formula is C15H23BrClN3O2. The fourth-order valence-corrected chi connectivity index (χ4v) is 2.97. The van der Waals surface area contributed by atoms with Crippen LogP contribution in [0.4, 0.5) is 0 Å². The van der Waals surface area contributed by atoms with Crippen LogP contribution < -0.4 is 10.6 Å². The van der Waals surface area contributed by atoms with Gasteiger partial charge in [-0.1, -0.05) is 11.6 Å². The van der Waals surface area contributed by atoms with E-state index in [9.17, 15) is 4.79 Å². The van der Waals surface area contributed by atoms with E-state index in [-0.39, 0.29) is 11.9 Å². The number of aryl methyl sites for hydroxylation is 1. The fourth-order valence-electron chi connectivity index (χ4n) is 2.25. The highest BCUT2D eigenvalue weighted by atomic mass is 79.9. The first-order valence-corrected chi connectivity index (χ1v) is 8.86. The van der Waals surface area contributed by atoms with Crippen molar-refractivity contribution in [2.75, 3.05) is 19.7 Å². The summed E-state index contributed by atoms with van der Waals surface area (Å²) in [6, 6.07) is 0.248. The Morgan fingerprint density at radius 2 is 2.00 bits per heavy atom. The Bertz CT molecular complexity index is 511. The third kappa shape index (κ3) is 4.98. The second-order valence-electron chi connectivity index (χ2n) is 5.88. The molecule has 1 saturated carbocycles. The molecule has 3 rings (SSSR count). The molecule has 1 aromatic rings. The van der Waals surface area contributed by atoms with E-state index in [2.05, 4.69) is 31.5 Å². The molecule has 0 atom stereocenters. The van der Waals surface area contributed by atoms with E-state index in [1.807, 2.05) is 6.92 Å². The van der Waals surface area contributed by atoms with Gasteiger partial charge >= 0.3 is 0 Å². The van der Waals surface area contributed by atoms with Gasteiger partial charge in [0.2, 0.25) is 0 Å². The summed E-state index contributed by atoms with van der Waals surface area (Å²) in [6.07, 6.45) is 4.46. The largest absolute Gasteiger partial charge is 0.396 e. The van der Waals surface area contributed by atoms with Gasteiger partial charge in [-0.05, 0) is 67.5 Å². The van der Waals surface area contributed by atoms with Gasteiger partial charge in [-0.3, -0.25) is 4.79 Å². The lowest BCUT2D eigenvalue weighted by Gasteiger charge is -2.23. The number of carbonyl (C=O) groups is 1. The van der Waals surface area contributed by atoms with E-state index in [1.54, 1.807) is 0 Å². The first kappa shape index (κ1) is 17.8. The van der Waals surface area contributed by atoms with Crippen LogP contribution in [-0.2, 0) is 0 Å². The van der Waals surface area contributed by atoms with Crippen LogP contribution in [0.15, 0.2) is 4.47 Å². The van der Waals surface area contributed by atoms with Gasteiger partial charge in [-0.2, -0.15) is 0 Å². The first-order valence-electron chi connectivity index (χ1n) is 7.69. The Hall–Kier alpha value is -0.560. The number of hydrogen-bond donors (Lipinski definition) is 4. The number of aliphatic hydroxyl groups is 1. The second-order valence-corrected chi connectivity index (χ2v) is 7.05. The SMILES string of the molecule is Cc1[nH]c(C(=O)NC2CCNCC2)c(Br)c1Cl.OCC1CC1. The summed E-state index contributed by atoms with van der Waals surface area (Å²) in [7, 11) is 0. The van der Waals surface area contributed by atoms with Crippen LogP contribution in [0.3, 0.4) is 0 Å². The van der Waals surface area contributed by atoms with Gasteiger partial charge in [0.25, 0.3) is 5.91 Å². The maximum atomic E-state index is 12.0. The van der Waals surface area contributed by atoms with Crippen LogP contribution >= 0.6 is 27.5 Å². The van der Waals surface area contributed by atoms with Crippen molar-refractivity contribution in [3.63, 3.8) is 0 Å². The summed E-state index contributed by atoms with van der Waals surface area (Å²) < 4.78 is 0.642. The standard InChI is InChI=1S/C11H15BrClN3O.C4H8O/c1-6-9(13)8(12)10(15-6)11(17)16-7-2-4-14-5-3-7;5-3-4-1-2-4/h7,14-15H,2-5H2,1H3,(H,16,17);4-5H,1-3H2. The molecule has 5 nitrogen and oxygen atoms in total. The monoisotopic (exact) mass is 391 g/mol. The highest BCUT2D eigenvalue weighted by Crippen LogP contribution is 2.29. The van der Waals surface area contributed by atoms with Crippen LogP contribution in [0.25, 0.3) is 0 Å². The molecule has 2 fully saturated rings.